The van der Waals surface area contributed by atoms with Crippen LogP contribution < -0.4 is 0 Å². The van der Waals surface area contributed by atoms with Crippen molar-refractivity contribution in [3.63, 3.8) is 0 Å². The van der Waals surface area contributed by atoms with Crippen molar-refractivity contribution in [2.75, 3.05) is 70.5 Å². The highest BCUT2D eigenvalue weighted by molar-refractivity contribution is 6.11. The fourth-order valence-corrected chi connectivity index (χ4v) is 13.8. The summed E-state index contributed by atoms with van der Waals surface area (Å²) in [6.07, 6.45) is 10.5. The monoisotopic (exact) mass is 1640 g/mol. The molecule has 0 amide bonds. The molecule has 0 saturated carbocycles. The summed E-state index contributed by atoms with van der Waals surface area (Å²) in [5, 5.41) is 45.6. The van der Waals surface area contributed by atoms with Crippen molar-refractivity contribution in [1.29, 1.82) is 0 Å². The lowest BCUT2D eigenvalue weighted by Gasteiger charge is -2.15. The summed E-state index contributed by atoms with van der Waals surface area (Å²) >= 11 is 0. The molecule has 0 atom stereocenters. The summed E-state index contributed by atoms with van der Waals surface area (Å²) in [6, 6.07) is 56.0. The van der Waals surface area contributed by atoms with Gasteiger partial charge in [-0.1, -0.05) is 347 Å². The van der Waals surface area contributed by atoms with Gasteiger partial charge < -0.3 is 25.0 Å². The molecule has 0 aliphatic heterocycles. The molecule has 670 valence electrons. The molecule has 0 unspecified atom stereocenters. The molecule has 0 aliphatic carbocycles. The fourth-order valence-electron chi connectivity index (χ4n) is 13.8. The minimum atomic E-state index is 1.03. The molecule has 10 heteroatoms. The molecular weight excluding hydrogens is 1460 g/mol. The van der Waals surface area contributed by atoms with E-state index in [9.17, 15) is 0 Å². The Labute approximate surface area is 740 Å². The van der Waals surface area contributed by atoms with E-state index in [0.29, 0.717) is 0 Å². The van der Waals surface area contributed by atoms with Crippen molar-refractivity contribution in [3.8, 4) is 0 Å². The highest BCUT2D eigenvalue weighted by Crippen LogP contribution is 2.32. The standard InChI is InChI=1S/5C18H24N2.10C2H6/c1-6-14-8-11-17-16(12-14)10-9-15(7-2)18(17)13(3)19-20(4)5;1-6-14-8-9-16-11-15(7-2)18(12-17(16)10-14)13(3)19-20(4)5;1-6-14-9-8-10-16-11-15(7-2)17(12-18(14)16)13(3)19-20(4)5;2*1-6-14-9-8-10-18-15(7-2)16(11-12-17(14)18)13(3)19-20(4)5;10*1-2/h5*8-12H,6-7H2,1-5H3;10*1-2H3/b5*19-13+;;;;;;;;;;. The first-order valence-electron chi connectivity index (χ1n) is 46.7. The molecule has 10 aromatic rings. The molecule has 0 radical (unpaired) electrons. The quantitative estimate of drug-likeness (QED) is 0.0561. The van der Waals surface area contributed by atoms with Crippen LogP contribution in [0.4, 0.5) is 0 Å². The Hall–Kier alpha value is -9.15. The van der Waals surface area contributed by atoms with Crippen LogP contribution in [0.25, 0.3) is 53.9 Å². The molecule has 0 aromatic heterocycles. The SMILES string of the molecule is CC.CC.CC.CC.CC.CC.CC.CC.CC.CC.CCc1cc2cccc(CC)c2cc1/C(C)=N/N(C)C.CCc1ccc2c(/C(C)=N/N(C)C)c(CC)ccc2c1.CCc1ccc2cc(CC)c(/C(C)=N/N(C)C)cc2c1.CCc1cccc2c(CC)c(/C(C)=N/N(C)C)ccc12.CCc1cccc2c(CC)c(/C(C)=N/N(C)C)ccc12. The Morgan fingerprint density at radius 3 is 0.850 bits per heavy atom. The van der Waals surface area contributed by atoms with E-state index in [1.165, 1.54) is 137 Å². The van der Waals surface area contributed by atoms with Gasteiger partial charge in [0.2, 0.25) is 0 Å². The van der Waals surface area contributed by atoms with Crippen LogP contribution in [0.5, 0.6) is 0 Å². The first kappa shape index (κ1) is 119. The molecule has 0 N–H and O–H groups in total. The summed E-state index contributed by atoms with van der Waals surface area (Å²) in [5.41, 5.74) is 25.7. The number of rotatable bonds is 20. The third kappa shape index (κ3) is 38.3. The first-order valence-corrected chi connectivity index (χ1v) is 46.7. The lowest BCUT2D eigenvalue weighted by Crippen LogP contribution is -2.09. The minimum absolute atomic E-state index is 1.03. The average molecular weight is 1640 g/mol. The summed E-state index contributed by atoms with van der Waals surface area (Å²) in [7, 11) is 19.6. The summed E-state index contributed by atoms with van der Waals surface area (Å²) in [6.45, 7) is 72.5. The van der Waals surface area contributed by atoms with Gasteiger partial charge in [-0.05, 0) is 220 Å². The van der Waals surface area contributed by atoms with Crippen LogP contribution in [-0.4, -0.2) is 124 Å². The van der Waals surface area contributed by atoms with E-state index in [-0.39, 0.29) is 0 Å². The summed E-state index contributed by atoms with van der Waals surface area (Å²) in [5.74, 6) is 0. The molecular formula is C110H180N10. The predicted octanol–water partition coefficient (Wildman–Crippen LogP) is 31.5. The minimum Gasteiger partial charge on any atom is -0.303 e. The third-order valence-corrected chi connectivity index (χ3v) is 18.5. The van der Waals surface area contributed by atoms with Crippen molar-refractivity contribution < 1.29 is 0 Å². The van der Waals surface area contributed by atoms with Crippen molar-refractivity contribution in [2.45, 2.75) is 307 Å². The number of fused-ring (bicyclic) bond motifs is 5. The Bertz CT molecular complexity index is 4380. The van der Waals surface area contributed by atoms with Gasteiger partial charge in [0, 0.05) is 98.3 Å². The molecule has 0 heterocycles. The third-order valence-electron chi connectivity index (χ3n) is 18.5. The average Bonchev–Trinajstić information content (AvgIpc) is 0.803. The number of hydrogen-bond donors (Lipinski definition) is 0. The summed E-state index contributed by atoms with van der Waals surface area (Å²) < 4.78 is 0. The Morgan fingerprint density at radius 1 is 0.208 bits per heavy atom. The van der Waals surface area contributed by atoms with E-state index in [1.54, 1.807) is 0 Å². The van der Waals surface area contributed by atoms with E-state index in [4.69, 9.17) is 0 Å². The van der Waals surface area contributed by atoms with Crippen LogP contribution in [0.2, 0.25) is 0 Å². The van der Waals surface area contributed by atoms with Crippen LogP contribution >= 0.6 is 0 Å². The van der Waals surface area contributed by atoms with E-state index in [1.807, 2.05) is 234 Å². The van der Waals surface area contributed by atoms with Gasteiger partial charge in [-0.25, -0.2) is 0 Å². The van der Waals surface area contributed by atoms with E-state index < -0.39 is 0 Å². The highest BCUT2D eigenvalue weighted by Gasteiger charge is 2.16. The second-order valence-electron chi connectivity index (χ2n) is 26.9. The first-order chi connectivity index (χ1) is 57.8. The van der Waals surface area contributed by atoms with Crippen LogP contribution in [0.3, 0.4) is 0 Å². The molecule has 0 aliphatic rings. The molecule has 10 aromatic carbocycles. The van der Waals surface area contributed by atoms with Gasteiger partial charge in [-0.15, -0.1) is 0 Å². The smallest absolute Gasteiger partial charge is 0.0655 e. The Morgan fingerprint density at radius 2 is 0.500 bits per heavy atom. The molecule has 120 heavy (non-hydrogen) atoms. The van der Waals surface area contributed by atoms with Gasteiger partial charge >= 0.3 is 0 Å². The maximum Gasteiger partial charge on any atom is 0.0655 e. The number of nitrogens with zero attached hydrogens (tertiary/aromatic N) is 10. The van der Waals surface area contributed by atoms with Crippen LogP contribution in [-0.2, 0) is 64.2 Å². The van der Waals surface area contributed by atoms with Crippen molar-refractivity contribution in [1.82, 2.24) is 25.0 Å². The van der Waals surface area contributed by atoms with E-state index in [0.717, 1.165) is 92.8 Å². The second kappa shape index (κ2) is 70.5. The van der Waals surface area contributed by atoms with E-state index >= 15 is 0 Å². The van der Waals surface area contributed by atoms with Crippen molar-refractivity contribution >= 4 is 82.4 Å². The number of aryl methyl sites for hydroxylation is 10. The second-order valence-corrected chi connectivity index (χ2v) is 26.9. The van der Waals surface area contributed by atoms with Crippen LogP contribution in [0.1, 0.15) is 326 Å². The van der Waals surface area contributed by atoms with Crippen molar-refractivity contribution in [3.05, 3.63) is 235 Å². The summed E-state index contributed by atoms with van der Waals surface area (Å²) in [4.78, 5) is 0. The normalized spacial score (nSPS) is 10.5. The van der Waals surface area contributed by atoms with Gasteiger partial charge in [0.05, 0.1) is 28.6 Å². The van der Waals surface area contributed by atoms with Gasteiger partial charge in [0.1, 0.15) is 0 Å². The molecule has 10 rings (SSSR count). The van der Waals surface area contributed by atoms with Crippen molar-refractivity contribution in [2.24, 2.45) is 25.5 Å². The maximum absolute atomic E-state index is 4.60. The van der Waals surface area contributed by atoms with Crippen LogP contribution in [0, 0.1) is 0 Å². The molecule has 0 saturated heterocycles. The Balaban J connectivity index is -0.000000435. The largest absolute Gasteiger partial charge is 0.303 e. The van der Waals surface area contributed by atoms with E-state index in [2.05, 4.69) is 281 Å². The zero-order chi connectivity index (χ0) is 93.5. The number of benzene rings is 10. The lowest BCUT2D eigenvalue weighted by atomic mass is 9.92. The number of hydrazone groups is 5. The van der Waals surface area contributed by atoms with Gasteiger partial charge in [-0.3, -0.25) is 0 Å². The molecule has 0 fully saturated rings. The van der Waals surface area contributed by atoms with Gasteiger partial charge in [-0.2, -0.15) is 25.5 Å². The maximum atomic E-state index is 4.60. The molecule has 0 bridgehead atoms. The van der Waals surface area contributed by atoms with Crippen LogP contribution in [0.15, 0.2) is 177 Å². The topological polar surface area (TPSA) is 78.0 Å². The zero-order valence-corrected chi connectivity index (χ0v) is 86.0. The zero-order valence-electron chi connectivity index (χ0n) is 86.0. The lowest BCUT2D eigenvalue weighted by molar-refractivity contribution is 0.437. The fraction of sp³-hybridized carbons (Fsp3) is 0.500. The molecule has 10 nitrogen and oxygen atoms in total. The Kier molecular flexibility index (Phi) is 70.2. The highest BCUT2D eigenvalue weighted by atomic mass is 15.4. The number of hydrogen-bond acceptors (Lipinski definition) is 10. The molecule has 0 spiro atoms. The van der Waals surface area contributed by atoms with Gasteiger partial charge in [0.25, 0.3) is 0 Å². The van der Waals surface area contributed by atoms with Gasteiger partial charge in [0.15, 0.2) is 0 Å². The predicted molar refractivity (Wildman–Crippen MR) is 556 cm³/mol.